The molecule has 0 saturated carbocycles. The van der Waals surface area contributed by atoms with Gasteiger partial charge in [-0.15, -0.1) is 0 Å². The Bertz CT molecular complexity index is 416. The third-order valence-corrected chi connectivity index (χ3v) is 2.28. The van der Waals surface area contributed by atoms with E-state index in [2.05, 4.69) is 0 Å². The number of ether oxygens (including phenoxy) is 2. The Morgan fingerprint density at radius 3 is 2.50 bits per heavy atom. The first-order valence-corrected chi connectivity index (χ1v) is 6.31. The molecule has 0 amide bonds. The van der Waals surface area contributed by atoms with Crippen molar-refractivity contribution in [1.29, 1.82) is 0 Å². The summed E-state index contributed by atoms with van der Waals surface area (Å²) in [7, 11) is 0. The predicted molar refractivity (Wildman–Crippen MR) is 72.1 cm³/mol. The van der Waals surface area contributed by atoms with Gasteiger partial charge in [0.15, 0.2) is 0 Å². The SMILES string of the molecule is CCCOc1c(C)cccc1C(=O)OC(C)(C)C. The van der Waals surface area contributed by atoms with Crippen LogP contribution in [0, 0.1) is 6.92 Å². The fourth-order valence-corrected chi connectivity index (χ4v) is 1.54. The molecule has 0 aromatic heterocycles. The Morgan fingerprint density at radius 1 is 1.28 bits per heavy atom. The molecular formula is C15H22O3. The number of carbonyl (C=O) groups is 1. The first kappa shape index (κ1) is 14.6. The van der Waals surface area contributed by atoms with Crippen LogP contribution in [-0.2, 0) is 4.74 Å². The molecule has 0 heterocycles. The number of hydrogen-bond donors (Lipinski definition) is 0. The highest BCUT2D eigenvalue weighted by Crippen LogP contribution is 2.25. The van der Waals surface area contributed by atoms with E-state index in [1.54, 1.807) is 6.07 Å². The van der Waals surface area contributed by atoms with Gasteiger partial charge in [-0.3, -0.25) is 0 Å². The molecular weight excluding hydrogens is 228 g/mol. The number of hydrogen-bond acceptors (Lipinski definition) is 3. The molecule has 0 unspecified atom stereocenters. The third-order valence-electron chi connectivity index (χ3n) is 2.28. The van der Waals surface area contributed by atoms with Crippen LogP contribution in [0.1, 0.15) is 50.0 Å². The minimum Gasteiger partial charge on any atom is -0.492 e. The Balaban J connectivity index is 3.00. The molecule has 3 heteroatoms. The summed E-state index contributed by atoms with van der Waals surface area (Å²) in [4.78, 5) is 12.1. The summed E-state index contributed by atoms with van der Waals surface area (Å²) in [6.45, 7) is 10.1. The van der Waals surface area contributed by atoms with E-state index in [0.29, 0.717) is 17.9 Å². The summed E-state index contributed by atoms with van der Waals surface area (Å²) >= 11 is 0. The normalized spacial score (nSPS) is 11.2. The summed E-state index contributed by atoms with van der Waals surface area (Å²) in [5, 5.41) is 0. The smallest absolute Gasteiger partial charge is 0.342 e. The van der Waals surface area contributed by atoms with Crippen LogP contribution in [-0.4, -0.2) is 18.2 Å². The highest BCUT2D eigenvalue weighted by atomic mass is 16.6. The molecule has 0 saturated heterocycles. The maximum atomic E-state index is 12.1. The minimum absolute atomic E-state index is 0.336. The van der Waals surface area contributed by atoms with Crippen LogP contribution in [0.4, 0.5) is 0 Å². The molecule has 1 aromatic carbocycles. The largest absolute Gasteiger partial charge is 0.492 e. The van der Waals surface area contributed by atoms with Gasteiger partial charge in [-0.05, 0) is 45.7 Å². The van der Waals surface area contributed by atoms with Crippen LogP contribution in [0.15, 0.2) is 18.2 Å². The Morgan fingerprint density at radius 2 is 1.94 bits per heavy atom. The summed E-state index contributed by atoms with van der Waals surface area (Å²) in [5.74, 6) is 0.297. The molecule has 0 fully saturated rings. The molecule has 1 rings (SSSR count). The fraction of sp³-hybridized carbons (Fsp3) is 0.533. The van der Waals surface area contributed by atoms with Gasteiger partial charge in [-0.2, -0.15) is 0 Å². The van der Waals surface area contributed by atoms with Crippen molar-refractivity contribution in [2.75, 3.05) is 6.61 Å². The molecule has 0 bridgehead atoms. The molecule has 0 spiro atoms. The van der Waals surface area contributed by atoms with Gasteiger partial charge in [-0.1, -0.05) is 19.1 Å². The predicted octanol–water partition coefficient (Wildman–Crippen LogP) is 3.74. The quantitative estimate of drug-likeness (QED) is 0.764. The number of benzene rings is 1. The molecule has 0 aliphatic heterocycles. The van der Waals surface area contributed by atoms with Crippen molar-refractivity contribution >= 4 is 5.97 Å². The van der Waals surface area contributed by atoms with E-state index in [9.17, 15) is 4.79 Å². The van der Waals surface area contributed by atoms with E-state index in [0.717, 1.165) is 12.0 Å². The van der Waals surface area contributed by atoms with Crippen molar-refractivity contribution in [3.8, 4) is 5.75 Å². The van der Waals surface area contributed by atoms with Gasteiger partial charge < -0.3 is 9.47 Å². The average Bonchev–Trinajstić information content (AvgIpc) is 2.24. The topological polar surface area (TPSA) is 35.5 Å². The van der Waals surface area contributed by atoms with Gasteiger partial charge in [0.2, 0.25) is 0 Å². The molecule has 1 aromatic rings. The highest BCUT2D eigenvalue weighted by Gasteiger charge is 2.21. The summed E-state index contributed by atoms with van der Waals surface area (Å²) in [6.07, 6.45) is 0.905. The summed E-state index contributed by atoms with van der Waals surface area (Å²) < 4.78 is 11.0. The van der Waals surface area contributed by atoms with Gasteiger partial charge in [0.25, 0.3) is 0 Å². The second-order valence-electron chi connectivity index (χ2n) is 5.30. The van der Waals surface area contributed by atoms with Crippen LogP contribution in [0.3, 0.4) is 0 Å². The first-order valence-electron chi connectivity index (χ1n) is 6.31. The van der Waals surface area contributed by atoms with Crippen LogP contribution in [0.2, 0.25) is 0 Å². The highest BCUT2D eigenvalue weighted by molar-refractivity contribution is 5.93. The zero-order chi connectivity index (χ0) is 13.8. The van der Waals surface area contributed by atoms with Crippen molar-refractivity contribution in [2.24, 2.45) is 0 Å². The number of para-hydroxylation sites is 1. The summed E-state index contributed by atoms with van der Waals surface area (Å²) in [6, 6.07) is 5.51. The molecule has 3 nitrogen and oxygen atoms in total. The number of aryl methyl sites for hydroxylation is 1. The first-order chi connectivity index (χ1) is 8.35. The lowest BCUT2D eigenvalue weighted by Gasteiger charge is -2.21. The van der Waals surface area contributed by atoms with Crippen LogP contribution >= 0.6 is 0 Å². The van der Waals surface area contributed by atoms with Gasteiger partial charge in [0.05, 0.1) is 6.61 Å². The zero-order valence-electron chi connectivity index (χ0n) is 11.9. The Labute approximate surface area is 109 Å². The molecule has 100 valence electrons. The fourth-order valence-electron chi connectivity index (χ4n) is 1.54. The zero-order valence-corrected chi connectivity index (χ0v) is 11.9. The van der Waals surface area contributed by atoms with E-state index in [1.807, 2.05) is 46.8 Å². The average molecular weight is 250 g/mol. The second kappa shape index (κ2) is 5.89. The van der Waals surface area contributed by atoms with Crippen molar-refractivity contribution in [1.82, 2.24) is 0 Å². The van der Waals surface area contributed by atoms with Crippen molar-refractivity contribution in [2.45, 2.75) is 46.6 Å². The minimum atomic E-state index is -0.497. The molecule has 18 heavy (non-hydrogen) atoms. The number of rotatable bonds is 4. The van der Waals surface area contributed by atoms with Gasteiger partial charge in [0, 0.05) is 0 Å². The Kier molecular flexibility index (Phi) is 4.76. The lowest BCUT2D eigenvalue weighted by molar-refractivity contribution is 0.00656. The maximum Gasteiger partial charge on any atom is 0.342 e. The maximum absolute atomic E-state index is 12.1. The Hall–Kier alpha value is -1.51. The number of carbonyl (C=O) groups excluding carboxylic acids is 1. The lowest BCUT2D eigenvalue weighted by atomic mass is 10.1. The van der Waals surface area contributed by atoms with Crippen LogP contribution in [0.5, 0.6) is 5.75 Å². The molecule has 0 aliphatic rings. The molecule has 0 radical (unpaired) electrons. The monoisotopic (exact) mass is 250 g/mol. The van der Waals surface area contributed by atoms with E-state index in [1.165, 1.54) is 0 Å². The standard InChI is InChI=1S/C15H22O3/c1-6-10-17-13-11(2)8-7-9-12(13)14(16)18-15(3,4)5/h7-9H,6,10H2,1-5H3. The van der Waals surface area contributed by atoms with Crippen LogP contribution in [0.25, 0.3) is 0 Å². The number of esters is 1. The summed E-state index contributed by atoms with van der Waals surface area (Å²) in [5.41, 5.74) is 0.952. The molecule has 0 N–H and O–H groups in total. The van der Waals surface area contributed by atoms with Gasteiger partial charge in [0.1, 0.15) is 16.9 Å². The third kappa shape index (κ3) is 4.06. The lowest BCUT2D eigenvalue weighted by Crippen LogP contribution is -2.24. The van der Waals surface area contributed by atoms with E-state index in [4.69, 9.17) is 9.47 Å². The second-order valence-corrected chi connectivity index (χ2v) is 5.30. The van der Waals surface area contributed by atoms with E-state index < -0.39 is 5.60 Å². The van der Waals surface area contributed by atoms with Gasteiger partial charge >= 0.3 is 5.97 Å². The van der Waals surface area contributed by atoms with E-state index >= 15 is 0 Å². The van der Waals surface area contributed by atoms with E-state index in [-0.39, 0.29) is 5.97 Å². The van der Waals surface area contributed by atoms with Crippen LogP contribution < -0.4 is 4.74 Å². The van der Waals surface area contributed by atoms with Gasteiger partial charge in [-0.25, -0.2) is 4.79 Å². The van der Waals surface area contributed by atoms with Crippen molar-refractivity contribution < 1.29 is 14.3 Å². The molecule has 0 aliphatic carbocycles. The van der Waals surface area contributed by atoms with Crippen molar-refractivity contribution in [3.05, 3.63) is 29.3 Å². The van der Waals surface area contributed by atoms with Crippen molar-refractivity contribution in [3.63, 3.8) is 0 Å². The molecule has 0 atom stereocenters.